The fraction of sp³-hybridized carbons (Fsp3) is 0.429. The van der Waals surface area contributed by atoms with Crippen molar-refractivity contribution in [3.63, 3.8) is 0 Å². The summed E-state index contributed by atoms with van der Waals surface area (Å²) < 4.78 is 7.41. The molecule has 1 fully saturated rings. The third-order valence-electron chi connectivity index (χ3n) is 3.39. The van der Waals surface area contributed by atoms with Crippen LogP contribution < -0.4 is 5.32 Å². The smallest absolute Gasteiger partial charge is 0.323 e. The van der Waals surface area contributed by atoms with Gasteiger partial charge in [-0.2, -0.15) is 0 Å². The maximum atomic E-state index is 12.3. The van der Waals surface area contributed by atoms with Gasteiger partial charge in [0.1, 0.15) is 11.5 Å². The van der Waals surface area contributed by atoms with Gasteiger partial charge in [-0.15, -0.1) is 0 Å². The molecular weight excluding hydrogens is 256 g/mol. The molecule has 0 spiro atoms. The van der Waals surface area contributed by atoms with Gasteiger partial charge in [0, 0.05) is 25.9 Å². The molecule has 0 aliphatic carbocycles. The van der Waals surface area contributed by atoms with Crippen molar-refractivity contribution in [1.82, 2.24) is 14.3 Å². The number of hydrogen-bond donors (Lipinski definition) is 1. The third kappa shape index (κ3) is 2.60. The van der Waals surface area contributed by atoms with E-state index < -0.39 is 0 Å². The molecule has 1 unspecified atom stereocenters. The minimum absolute atomic E-state index is 0.0745. The highest BCUT2D eigenvalue weighted by Gasteiger charge is 2.20. The fourth-order valence-electron chi connectivity index (χ4n) is 2.39. The first-order chi connectivity index (χ1) is 9.74. The van der Waals surface area contributed by atoms with Gasteiger partial charge in [0.15, 0.2) is 0 Å². The van der Waals surface area contributed by atoms with Crippen molar-refractivity contribution < 1.29 is 9.53 Å². The van der Waals surface area contributed by atoms with Gasteiger partial charge >= 0.3 is 6.03 Å². The first-order valence-electron chi connectivity index (χ1n) is 6.83. The number of nitrogens with one attached hydrogen (secondary N) is 1. The summed E-state index contributed by atoms with van der Waals surface area (Å²) in [5.74, 6) is 0.684. The highest BCUT2D eigenvalue weighted by Crippen LogP contribution is 2.13. The van der Waals surface area contributed by atoms with Crippen LogP contribution in [0.25, 0.3) is 5.65 Å². The molecule has 1 saturated heterocycles. The zero-order chi connectivity index (χ0) is 13.9. The molecule has 1 aliphatic rings. The number of carbonyl (C=O) groups is 1. The van der Waals surface area contributed by atoms with Gasteiger partial charge in [0.25, 0.3) is 0 Å². The van der Waals surface area contributed by atoms with Crippen LogP contribution in [0.5, 0.6) is 0 Å². The molecule has 1 atom stereocenters. The maximum Gasteiger partial charge on any atom is 0.323 e. The van der Waals surface area contributed by atoms with Crippen molar-refractivity contribution in [1.29, 1.82) is 0 Å². The van der Waals surface area contributed by atoms with Crippen LogP contribution in [-0.2, 0) is 4.74 Å². The lowest BCUT2D eigenvalue weighted by molar-refractivity contribution is 0.0718. The average Bonchev–Trinajstić information content (AvgIpc) is 2.72. The zero-order valence-corrected chi connectivity index (χ0v) is 11.5. The Morgan fingerprint density at radius 3 is 3.30 bits per heavy atom. The number of imidazole rings is 1. The Morgan fingerprint density at radius 2 is 2.40 bits per heavy atom. The first kappa shape index (κ1) is 12.9. The van der Waals surface area contributed by atoms with Crippen molar-refractivity contribution in [2.45, 2.75) is 19.4 Å². The van der Waals surface area contributed by atoms with E-state index in [0.29, 0.717) is 25.5 Å². The summed E-state index contributed by atoms with van der Waals surface area (Å²) in [5, 5.41) is 2.91. The number of carbonyl (C=O) groups excluding carboxylic acids is 1. The largest absolute Gasteiger partial charge is 0.377 e. The Hall–Kier alpha value is -2.08. The lowest BCUT2D eigenvalue weighted by atomic mass is 10.3. The standard InChI is InChI=1S/C14H18N4O2/c1-11-10-17(6-4-8-20-11)14(19)16-13-9-15-12-5-2-3-7-18(12)13/h2-3,5,7,9,11H,4,6,8,10H2,1H3,(H,16,19). The summed E-state index contributed by atoms with van der Waals surface area (Å²) in [6, 6.07) is 5.62. The van der Waals surface area contributed by atoms with E-state index >= 15 is 0 Å². The quantitative estimate of drug-likeness (QED) is 0.865. The van der Waals surface area contributed by atoms with Crippen LogP contribution in [-0.4, -0.2) is 46.1 Å². The Labute approximate surface area is 117 Å². The zero-order valence-electron chi connectivity index (χ0n) is 11.5. The molecule has 2 aromatic heterocycles. The number of fused-ring (bicyclic) bond motifs is 1. The molecule has 0 saturated carbocycles. The number of aromatic nitrogens is 2. The predicted molar refractivity (Wildman–Crippen MR) is 75.8 cm³/mol. The molecule has 3 heterocycles. The molecule has 0 radical (unpaired) electrons. The Morgan fingerprint density at radius 1 is 1.50 bits per heavy atom. The second kappa shape index (κ2) is 5.50. The summed E-state index contributed by atoms with van der Waals surface area (Å²) in [7, 11) is 0. The molecule has 2 aromatic rings. The van der Waals surface area contributed by atoms with E-state index in [9.17, 15) is 4.79 Å². The first-order valence-corrected chi connectivity index (χ1v) is 6.83. The molecule has 6 nitrogen and oxygen atoms in total. The third-order valence-corrected chi connectivity index (χ3v) is 3.39. The van der Waals surface area contributed by atoms with Gasteiger partial charge in [-0.25, -0.2) is 9.78 Å². The number of pyridine rings is 1. The highest BCUT2D eigenvalue weighted by atomic mass is 16.5. The van der Waals surface area contributed by atoms with Crippen LogP contribution in [0.4, 0.5) is 10.6 Å². The normalized spacial score (nSPS) is 19.9. The number of rotatable bonds is 1. The van der Waals surface area contributed by atoms with Crippen LogP contribution in [0.2, 0.25) is 0 Å². The highest BCUT2D eigenvalue weighted by molar-refractivity contribution is 5.88. The molecule has 1 N–H and O–H groups in total. The Bertz CT molecular complexity index is 610. The SMILES string of the molecule is CC1CN(C(=O)Nc2cnc3ccccn23)CCCO1. The van der Waals surface area contributed by atoms with Gasteiger partial charge in [0.05, 0.1) is 12.3 Å². The van der Waals surface area contributed by atoms with E-state index in [4.69, 9.17) is 4.74 Å². The fourth-order valence-corrected chi connectivity index (χ4v) is 2.39. The second-order valence-corrected chi connectivity index (χ2v) is 4.98. The number of anilines is 1. The van der Waals surface area contributed by atoms with Crippen LogP contribution in [0.3, 0.4) is 0 Å². The van der Waals surface area contributed by atoms with Crippen LogP contribution >= 0.6 is 0 Å². The van der Waals surface area contributed by atoms with E-state index in [-0.39, 0.29) is 12.1 Å². The maximum absolute atomic E-state index is 12.3. The summed E-state index contributed by atoms with van der Waals surface area (Å²) in [6.07, 6.45) is 4.49. The van der Waals surface area contributed by atoms with Crippen molar-refractivity contribution in [3.05, 3.63) is 30.6 Å². The number of urea groups is 1. The number of nitrogens with zero attached hydrogens (tertiary/aromatic N) is 3. The molecule has 1 aliphatic heterocycles. The molecule has 0 aromatic carbocycles. The average molecular weight is 274 g/mol. The minimum Gasteiger partial charge on any atom is -0.377 e. The van der Waals surface area contributed by atoms with Crippen LogP contribution in [0, 0.1) is 0 Å². The predicted octanol–water partition coefficient (Wildman–Crippen LogP) is 1.98. The van der Waals surface area contributed by atoms with Gasteiger partial charge in [-0.3, -0.25) is 9.72 Å². The topological polar surface area (TPSA) is 58.9 Å². The summed E-state index contributed by atoms with van der Waals surface area (Å²) in [6.45, 7) is 4.02. The van der Waals surface area contributed by atoms with Crippen molar-refractivity contribution in [2.75, 3.05) is 25.0 Å². The van der Waals surface area contributed by atoms with E-state index in [1.165, 1.54) is 0 Å². The second-order valence-electron chi connectivity index (χ2n) is 4.98. The van der Waals surface area contributed by atoms with Crippen LogP contribution in [0.15, 0.2) is 30.6 Å². The minimum atomic E-state index is -0.104. The van der Waals surface area contributed by atoms with Crippen molar-refractivity contribution in [3.8, 4) is 0 Å². The van der Waals surface area contributed by atoms with Gasteiger partial charge in [-0.05, 0) is 25.5 Å². The number of ether oxygens (including phenoxy) is 1. The lowest BCUT2D eigenvalue weighted by Crippen LogP contribution is -2.39. The lowest BCUT2D eigenvalue weighted by Gasteiger charge is -2.22. The molecule has 3 rings (SSSR count). The summed E-state index contributed by atoms with van der Waals surface area (Å²) in [4.78, 5) is 18.4. The van der Waals surface area contributed by atoms with Gasteiger partial charge in [-0.1, -0.05) is 6.07 Å². The molecule has 106 valence electrons. The molecule has 2 amide bonds. The molecule has 0 bridgehead atoms. The van der Waals surface area contributed by atoms with E-state index in [0.717, 1.165) is 12.1 Å². The molecule has 6 heteroatoms. The molecule has 20 heavy (non-hydrogen) atoms. The Balaban J connectivity index is 1.75. The molecular formula is C14H18N4O2. The number of hydrogen-bond acceptors (Lipinski definition) is 3. The summed E-state index contributed by atoms with van der Waals surface area (Å²) >= 11 is 0. The van der Waals surface area contributed by atoms with E-state index in [1.54, 1.807) is 11.1 Å². The number of amides is 2. The monoisotopic (exact) mass is 274 g/mol. The Kier molecular flexibility index (Phi) is 3.56. The van der Waals surface area contributed by atoms with Crippen LogP contribution in [0.1, 0.15) is 13.3 Å². The van der Waals surface area contributed by atoms with Gasteiger partial charge < -0.3 is 9.64 Å². The van der Waals surface area contributed by atoms with Gasteiger partial charge in [0.2, 0.25) is 0 Å². The van der Waals surface area contributed by atoms with E-state index in [1.807, 2.05) is 35.7 Å². The van der Waals surface area contributed by atoms with Crippen molar-refractivity contribution >= 4 is 17.5 Å². The summed E-state index contributed by atoms with van der Waals surface area (Å²) in [5.41, 5.74) is 0.815. The van der Waals surface area contributed by atoms with Crippen molar-refractivity contribution in [2.24, 2.45) is 0 Å². The van der Waals surface area contributed by atoms with E-state index in [2.05, 4.69) is 10.3 Å².